The van der Waals surface area contributed by atoms with Crippen molar-refractivity contribution < 1.29 is 4.74 Å². The van der Waals surface area contributed by atoms with Crippen LogP contribution in [0.5, 0.6) is 5.75 Å². The van der Waals surface area contributed by atoms with Gasteiger partial charge in [0, 0.05) is 30.1 Å². The summed E-state index contributed by atoms with van der Waals surface area (Å²) in [4.78, 5) is 2.74. The molecule has 0 amide bonds. The second kappa shape index (κ2) is 10.2. The summed E-state index contributed by atoms with van der Waals surface area (Å²) >= 11 is 0. The molecule has 3 saturated heterocycles. The average molecular weight is 453 g/mol. The molecule has 2 bridgehead atoms. The molecule has 34 heavy (non-hydrogen) atoms. The highest BCUT2D eigenvalue weighted by Gasteiger charge is 2.46. The van der Waals surface area contributed by atoms with Gasteiger partial charge in [-0.25, -0.2) is 0 Å². The van der Waals surface area contributed by atoms with E-state index in [1.54, 1.807) is 7.11 Å². The van der Waals surface area contributed by atoms with Gasteiger partial charge in [0.05, 0.1) is 7.11 Å². The van der Waals surface area contributed by atoms with Gasteiger partial charge in [-0.15, -0.1) is 0 Å². The standard InChI is InChI=1S/C31H36N2O/c1-22(2)26-14-15-28(34-3)27(20-26)21-32-30-25-16-18-33(19-17-25)31(30)29(23-10-6-4-7-11-23)24-12-8-5-9-13-24/h4-15,20,25,29-32H,1,16-19,21H2,2-3H3. The number of fused-ring (bicyclic) bond motifs is 3. The van der Waals surface area contributed by atoms with E-state index in [2.05, 4.69) is 103 Å². The molecule has 0 spiro atoms. The van der Waals surface area contributed by atoms with Crippen LogP contribution in [-0.4, -0.2) is 37.2 Å². The molecule has 3 heterocycles. The Morgan fingerprint density at radius 1 is 0.971 bits per heavy atom. The molecular formula is C31H36N2O. The summed E-state index contributed by atoms with van der Waals surface area (Å²) in [5.41, 5.74) is 6.27. The number of methoxy groups -OCH3 is 1. The number of nitrogens with zero attached hydrogens (tertiary/aromatic N) is 1. The van der Waals surface area contributed by atoms with Crippen LogP contribution >= 0.6 is 0 Å². The van der Waals surface area contributed by atoms with Crippen molar-refractivity contribution in [3.05, 3.63) is 108 Å². The monoisotopic (exact) mass is 452 g/mol. The minimum Gasteiger partial charge on any atom is -0.496 e. The summed E-state index contributed by atoms with van der Waals surface area (Å²) in [5, 5.41) is 4.03. The van der Waals surface area contributed by atoms with Crippen LogP contribution in [0.3, 0.4) is 0 Å². The van der Waals surface area contributed by atoms with E-state index in [0.717, 1.165) is 17.9 Å². The fraction of sp³-hybridized carbons (Fsp3) is 0.355. The number of rotatable bonds is 8. The van der Waals surface area contributed by atoms with Gasteiger partial charge in [0.15, 0.2) is 0 Å². The summed E-state index contributed by atoms with van der Waals surface area (Å²) < 4.78 is 5.71. The third-order valence-electron chi connectivity index (χ3n) is 7.83. The van der Waals surface area contributed by atoms with E-state index >= 15 is 0 Å². The smallest absolute Gasteiger partial charge is 0.123 e. The zero-order valence-corrected chi connectivity index (χ0v) is 20.4. The molecule has 1 N–H and O–H groups in total. The van der Waals surface area contributed by atoms with Gasteiger partial charge in [-0.05, 0) is 67.6 Å². The Morgan fingerprint density at radius 3 is 2.15 bits per heavy atom. The van der Waals surface area contributed by atoms with E-state index in [9.17, 15) is 0 Å². The maximum absolute atomic E-state index is 5.71. The van der Waals surface area contributed by atoms with Crippen molar-refractivity contribution in [3.63, 3.8) is 0 Å². The van der Waals surface area contributed by atoms with Gasteiger partial charge in [-0.2, -0.15) is 0 Å². The van der Waals surface area contributed by atoms with Crippen molar-refractivity contribution in [1.29, 1.82) is 0 Å². The first-order chi connectivity index (χ1) is 16.7. The van der Waals surface area contributed by atoms with E-state index in [1.165, 1.54) is 48.2 Å². The number of piperidine rings is 3. The van der Waals surface area contributed by atoms with E-state index in [1.807, 2.05) is 0 Å². The first-order valence-corrected chi connectivity index (χ1v) is 12.6. The topological polar surface area (TPSA) is 24.5 Å². The molecule has 6 rings (SSSR count). The Balaban J connectivity index is 1.49. The summed E-state index contributed by atoms with van der Waals surface area (Å²) in [7, 11) is 1.76. The number of benzene rings is 3. The quantitative estimate of drug-likeness (QED) is 0.446. The number of nitrogens with one attached hydrogen (secondary N) is 1. The highest BCUT2D eigenvalue weighted by Crippen LogP contribution is 2.42. The number of ether oxygens (including phenoxy) is 1. The lowest BCUT2D eigenvalue weighted by Gasteiger charge is -2.54. The molecule has 3 nitrogen and oxygen atoms in total. The third-order valence-corrected chi connectivity index (χ3v) is 7.83. The molecule has 176 valence electrons. The first-order valence-electron chi connectivity index (χ1n) is 12.6. The second-order valence-electron chi connectivity index (χ2n) is 9.88. The van der Waals surface area contributed by atoms with Crippen LogP contribution in [0.2, 0.25) is 0 Å². The molecule has 3 aromatic carbocycles. The van der Waals surface area contributed by atoms with Crippen molar-refractivity contribution >= 4 is 5.57 Å². The normalized spacial score (nSPS) is 23.7. The lowest BCUT2D eigenvalue weighted by Crippen LogP contribution is -2.64. The minimum atomic E-state index is 0.339. The van der Waals surface area contributed by atoms with Crippen molar-refractivity contribution in [1.82, 2.24) is 10.2 Å². The summed E-state index contributed by atoms with van der Waals surface area (Å²) in [6.45, 7) is 9.38. The molecular weight excluding hydrogens is 416 g/mol. The van der Waals surface area contributed by atoms with Crippen LogP contribution in [0, 0.1) is 5.92 Å². The number of allylic oxidation sites excluding steroid dienone is 1. The van der Waals surface area contributed by atoms with Crippen LogP contribution in [0.1, 0.15) is 47.9 Å². The van der Waals surface area contributed by atoms with Gasteiger partial charge in [0.25, 0.3) is 0 Å². The van der Waals surface area contributed by atoms with Crippen molar-refractivity contribution in [2.24, 2.45) is 5.92 Å². The van der Waals surface area contributed by atoms with Gasteiger partial charge < -0.3 is 10.1 Å². The molecule has 2 unspecified atom stereocenters. The Kier molecular flexibility index (Phi) is 6.85. The third kappa shape index (κ3) is 4.55. The maximum Gasteiger partial charge on any atom is 0.123 e. The van der Waals surface area contributed by atoms with Crippen molar-refractivity contribution in [2.45, 2.75) is 44.3 Å². The Morgan fingerprint density at radius 2 is 1.59 bits per heavy atom. The zero-order chi connectivity index (χ0) is 23.5. The minimum absolute atomic E-state index is 0.339. The SMILES string of the molecule is C=C(C)c1ccc(OC)c(CNC2C3CCN(CC3)C2C(c2ccccc2)c2ccccc2)c1. The van der Waals surface area contributed by atoms with Crippen LogP contribution in [0.15, 0.2) is 85.4 Å². The summed E-state index contributed by atoms with van der Waals surface area (Å²) in [6.07, 6.45) is 2.54. The number of hydrogen-bond acceptors (Lipinski definition) is 3. The van der Waals surface area contributed by atoms with Crippen LogP contribution in [-0.2, 0) is 6.54 Å². The molecule has 2 atom stereocenters. The van der Waals surface area contributed by atoms with E-state index in [0.29, 0.717) is 23.9 Å². The lowest BCUT2D eigenvalue weighted by molar-refractivity contribution is 0.00462. The van der Waals surface area contributed by atoms with Crippen LogP contribution < -0.4 is 10.1 Å². The van der Waals surface area contributed by atoms with Crippen LogP contribution in [0.25, 0.3) is 5.57 Å². The molecule has 0 aromatic heterocycles. The highest BCUT2D eigenvalue weighted by molar-refractivity contribution is 5.63. The Labute approximate surface area is 204 Å². The molecule has 3 aliphatic heterocycles. The Hall–Kier alpha value is -2.88. The maximum atomic E-state index is 5.71. The van der Waals surface area contributed by atoms with Gasteiger partial charge in [0.1, 0.15) is 5.75 Å². The lowest BCUT2D eigenvalue weighted by atomic mass is 9.70. The van der Waals surface area contributed by atoms with Crippen molar-refractivity contribution in [3.8, 4) is 5.75 Å². The van der Waals surface area contributed by atoms with Gasteiger partial charge in [0.2, 0.25) is 0 Å². The number of hydrogen-bond donors (Lipinski definition) is 1. The predicted molar refractivity (Wildman–Crippen MR) is 141 cm³/mol. The fourth-order valence-electron chi connectivity index (χ4n) is 6.11. The van der Waals surface area contributed by atoms with E-state index in [-0.39, 0.29) is 0 Å². The van der Waals surface area contributed by atoms with Crippen molar-refractivity contribution in [2.75, 3.05) is 20.2 Å². The molecule has 3 heteroatoms. The first kappa shape index (κ1) is 22.9. The largest absolute Gasteiger partial charge is 0.496 e. The summed E-state index contributed by atoms with van der Waals surface area (Å²) in [6, 6.07) is 29.4. The van der Waals surface area contributed by atoms with Gasteiger partial charge in [-0.1, -0.05) is 78.9 Å². The predicted octanol–water partition coefficient (Wildman–Crippen LogP) is 6.11. The van der Waals surface area contributed by atoms with Gasteiger partial charge in [-0.3, -0.25) is 4.90 Å². The second-order valence-corrected chi connectivity index (χ2v) is 9.88. The molecule has 0 radical (unpaired) electrons. The van der Waals surface area contributed by atoms with E-state index < -0.39 is 0 Å². The molecule has 3 aromatic rings. The zero-order valence-electron chi connectivity index (χ0n) is 20.4. The molecule has 3 aliphatic rings. The van der Waals surface area contributed by atoms with Gasteiger partial charge >= 0.3 is 0 Å². The highest BCUT2D eigenvalue weighted by atomic mass is 16.5. The fourth-order valence-corrected chi connectivity index (χ4v) is 6.11. The Bertz CT molecular complexity index is 1060. The molecule has 0 aliphatic carbocycles. The van der Waals surface area contributed by atoms with E-state index in [4.69, 9.17) is 4.74 Å². The van der Waals surface area contributed by atoms with Crippen LogP contribution in [0.4, 0.5) is 0 Å². The summed E-state index contributed by atoms with van der Waals surface area (Å²) in [5.74, 6) is 1.98. The molecule has 0 saturated carbocycles. The molecule has 3 fully saturated rings. The average Bonchev–Trinajstić information content (AvgIpc) is 2.89.